The van der Waals surface area contributed by atoms with E-state index in [0.29, 0.717) is 16.9 Å². The van der Waals surface area contributed by atoms with Crippen molar-refractivity contribution in [2.75, 3.05) is 5.32 Å². The number of sulfone groups is 1. The Hall–Kier alpha value is -3.24. The van der Waals surface area contributed by atoms with Gasteiger partial charge in [0.2, 0.25) is 0 Å². The summed E-state index contributed by atoms with van der Waals surface area (Å²) in [5, 5.41) is 18.6. The molecular formula is C20H17ClN4O5S. The minimum Gasteiger partial charge on any atom is -0.306 e. The van der Waals surface area contributed by atoms with E-state index in [1.807, 2.05) is 32.0 Å². The Labute approximate surface area is 182 Å². The van der Waals surface area contributed by atoms with E-state index in [-0.39, 0.29) is 27.9 Å². The maximum atomic E-state index is 13.0. The van der Waals surface area contributed by atoms with E-state index < -0.39 is 26.4 Å². The molecule has 0 radical (unpaired) electrons. The summed E-state index contributed by atoms with van der Waals surface area (Å²) in [5.41, 5.74) is 2.63. The zero-order valence-electron chi connectivity index (χ0n) is 16.5. The molecular weight excluding hydrogens is 444 g/mol. The van der Waals surface area contributed by atoms with Crippen LogP contribution in [0.1, 0.15) is 32.7 Å². The number of benzene rings is 2. The molecule has 1 amide bonds. The molecule has 31 heavy (non-hydrogen) atoms. The van der Waals surface area contributed by atoms with E-state index >= 15 is 0 Å². The first-order valence-corrected chi connectivity index (χ1v) is 11.4. The molecule has 1 aliphatic heterocycles. The third-order valence-electron chi connectivity index (χ3n) is 5.00. The minimum absolute atomic E-state index is 0.159. The molecule has 11 heteroatoms. The number of hydrogen-bond donors (Lipinski definition) is 1. The van der Waals surface area contributed by atoms with E-state index in [4.69, 9.17) is 11.6 Å². The van der Waals surface area contributed by atoms with Crippen LogP contribution in [0.25, 0.3) is 5.69 Å². The van der Waals surface area contributed by atoms with Gasteiger partial charge in [0, 0.05) is 16.7 Å². The molecule has 0 spiro atoms. The maximum absolute atomic E-state index is 13.0. The Balaban J connectivity index is 1.84. The highest BCUT2D eigenvalue weighted by molar-refractivity contribution is 7.90. The minimum atomic E-state index is -3.39. The lowest BCUT2D eigenvalue weighted by atomic mass is 10.1. The summed E-state index contributed by atoms with van der Waals surface area (Å²) in [5.74, 6) is -1.13. The Morgan fingerprint density at radius 1 is 1.19 bits per heavy atom. The van der Waals surface area contributed by atoms with Crippen molar-refractivity contribution in [3.05, 3.63) is 79.5 Å². The van der Waals surface area contributed by atoms with Crippen LogP contribution in [0.15, 0.2) is 36.4 Å². The predicted octanol–water partition coefficient (Wildman–Crippen LogP) is 3.73. The Bertz CT molecular complexity index is 1360. The highest BCUT2D eigenvalue weighted by Crippen LogP contribution is 2.34. The second kappa shape index (κ2) is 7.47. The number of halogens is 1. The molecule has 1 N–H and O–H groups in total. The second-order valence-electron chi connectivity index (χ2n) is 7.38. The predicted molar refractivity (Wildman–Crippen MR) is 115 cm³/mol. The Kier molecular flexibility index (Phi) is 5.06. The largest absolute Gasteiger partial charge is 0.306 e. The van der Waals surface area contributed by atoms with Gasteiger partial charge in [-0.05, 0) is 37.6 Å². The molecule has 3 aromatic rings. The number of carbonyl (C=O) groups excluding carboxylic acids is 1. The number of nitrogens with zero attached hydrogens (tertiary/aromatic N) is 3. The van der Waals surface area contributed by atoms with Gasteiger partial charge in [0.25, 0.3) is 11.6 Å². The van der Waals surface area contributed by atoms with Crippen molar-refractivity contribution in [3.8, 4) is 5.69 Å². The lowest BCUT2D eigenvalue weighted by molar-refractivity contribution is -0.385. The summed E-state index contributed by atoms with van der Waals surface area (Å²) in [4.78, 5) is 23.7. The van der Waals surface area contributed by atoms with Gasteiger partial charge in [-0.3, -0.25) is 14.9 Å². The van der Waals surface area contributed by atoms with Crippen LogP contribution in [-0.4, -0.2) is 29.0 Å². The summed E-state index contributed by atoms with van der Waals surface area (Å²) >= 11 is 5.94. The summed E-state index contributed by atoms with van der Waals surface area (Å²) in [6, 6.07) is 9.29. The molecule has 160 valence electrons. The molecule has 0 saturated heterocycles. The van der Waals surface area contributed by atoms with Gasteiger partial charge in [-0.25, -0.2) is 13.1 Å². The summed E-state index contributed by atoms with van der Waals surface area (Å²) in [6.45, 7) is 3.81. The van der Waals surface area contributed by atoms with Crippen LogP contribution in [0.5, 0.6) is 0 Å². The van der Waals surface area contributed by atoms with Crippen LogP contribution in [0.3, 0.4) is 0 Å². The lowest BCUT2D eigenvalue weighted by Crippen LogP contribution is -2.18. The molecule has 9 nitrogen and oxygen atoms in total. The Morgan fingerprint density at radius 2 is 1.94 bits per heavy atom. The van der Waals surface area contributed by atoms with E-state index in [0.717, 1.165) is 17.2 Å². The smallest absolute Gasteiger partial charge is 0.282 e. The zero-order valence-corrected chi connectivity index (χ0v) is 18.1. The molecule has 0 saturated carbocycles. The van der Waals surface area contributed by atoms with Crippen molar-refractivity contribution in [3.63, 3.8) is 0 Å². The summed E-state index contributed by atoms with van der Waals surface area (Å²) in [6.07, 6.45) is 0. The van der Waals surface area contributed by atoms with Gasteiger partial charge in [-0.15, -0.1) is 0 Å². The van der Waals surface area contributed by atoms with E-state index in [2.05, 4.69) is 10.4 Å². The molecule has 0 bridgehead atoms. The van der Waals surface area contributed by atoms with Crippen LogP contribution in [0, 0.1) is 24.0 Å². The van der Waals surface area contributed by atoms with Gasteiger partial charge >= 0.3 is 0 Å². The number of nitro benzene ring substituents is 1. The van der Waals surface area contributed by atoms with Gasteiger partial charge in [-0.2, -0.15) is 5.10 Å². The van der Waals surface area contributed by atoms with Crippen molar-refractivity contribution < 1.29 is 18.1 Å². The quantitative estimate of drug-likeness (QED) is 0.467. The number of amides is 1. The van der Waals surface area contributed by atoms with E-state index in [9.17, 15) is 23.3 Å². The number of rotatable bonds is 4. The van der Waals surface area contributed by atoms with Crippen LogP contribution in [-0.2, 0) is 21.3 Å². The maximum Gasteiger partial charge on any atom is 0.282 e. The molecule has 4 rings (SSSR count). The highest BCUT2D eigenvalue weighted by atomic mass is 35.5. The second-order valence-corrected chi connectivity index (χ2v) is 9.88. The van der Waals surface area contributed by atoms with Gasteiger partial charge in [0.1, 0.15) is 11.4 Å². The molecule has 1 aromatic heterocycles. The first-order chi connectivity index (χ1) is 14.6. The average Bonchev–Trinajstić information content (AvgIpc) is 3.14. The SMILES string of the molecule is Cc1ccc(-n2nc3c(c2NC(=O)c2cc(Cl)ccc2[N+](=O)[O-])CS(=O)(=O)C3)c(C)c1. The zero-order chi connectivity index (χ0) is 22.5. The lowest BCUT2D eigenvalue weighted by Gasteiger charge is -2.14. The molecule has 0 aliphatic carbocycles. The van der Waals surface area contributed by atoms with Crippen molar-refractivity contribution in [2.45, 2.75) is 25.4 Å². The van der Waals surface area contributed by atoms with Crippen LogP contribution in [0.4, 0.5) is 11.5 Å². The monoisotopic (exact) mass is 460 g/mol. The van der Waals surface area contributed by atoms with Crippen LogP contribution >= 0.6 is 11.6 Å². The Morgan fingerprint density at radius 3 is 2.61 bits per heavy atom. The van der Waals surface area contributed by atoms with Gasteiger partial charge in [0.05, 0.1) is 27.8 Å². The van der Waals surface area contributed by atoms with Crippen molar-refractivity contribution in [1.29, 1.82) is 0 Å². The van der Waals surface area contributed by atoms with E-state index in [1.54, 1.807) is 0 Å². The van der Waals surface area contributed by atoms with Gasteiger partial charge < -0.3 is 5.32 Å². The third-order valence-corrected chi connectivity index (χ3v) is 6.68. The third kappa shape index (κ3) is 3.91. The van der Waals surface area contributed by atoms with Gasteiger partial charge in [-0.1, -0.05) is 29.3 Å². The van der Waals surface area contributed by atoms with E-state index in [1.165, 1.54) is 16.8 Å². The number of aryl methyl sites for hydroxylation is 2. The molecule has 0 fully saturated rings. The molecule has 0 atom stereocenters. The fourth-order valence-corrected chi connectivity index (χ4v) is 5.28. The van der Waals surface area contributed by atoms with Crippen LogP contribution in [0.2, 0.25) is 5.02 Å². The van der Waals surface area contributed by atoms with Crippen molar-refractivity contribution in [1.82, 2.24) is 9.78 Å². The standard InChI is InChI=1S/C20H17ClN4O5S/c1-11-3-5-17(12(2)7-11)24-19(15-9-31(29,30)10-16(15)23-24)22-20(26)14-8-13(21)4-6-18(14)25(27)28/h3-8H,9-10H2,1-2H3,(H,22,26). The van der Waals surface area contributed by atoms with Gasteiger partial charge in [0.15, 0.2) is 9.84 Å². The number of nitro groups is 1. The first-order valence-electron chi connectivity index (χ1n) is 9.20. The van der Waals surface area contributed by atoms with Crippen molar-refractivity contribution in [2.24, 2.45) is 0 Å². The topological polar surface area (TPSA) is 124 Å². The average molecular weight is 461 g/mol. The summed E-state index contributed by atoms with van der Waals surface area (Å²) in [7, 11) is -3.39. The molecule has 2 heterocycles. The number of anilines is 1. The van der Waals surface area contributed by atoms with Crippen LogP contribution < -0.4 is 5.32 Å². The number of aromatic nitrogens is 2. The normalized spacial score (nSPS) is 14.3. The molecule has 0 unspecified atom stereocenters. The number of nitrogens with one attached hydrogen (secondary N) is 1. The summed E-state index contributed by atoms with van der Waals surface area (Å²) < 4.78 is 25.7. The number of fused-ring (bicyclic) bond motifs is 1. The number of carbonyl (C=O) groups is 1. The highest BCUT2D eigenvalue weighted by Gasteiger charge is 2.34. The molecule has 1 aliphatic rings. The molecule has 2 aromatic carbocycles. The fourth-order valence-electron chi connectivity index (χ4n) is 3.61. The fraction of sp³-hybridized carbons (Fsp3) is 0.200. The first kappa shape index (κ1) is 21.0. The number of hydrogen-bond acceptors (Lipinski definition) is 6. The van der Waals surface area contributed by atoms with Crippen molar-refractivity contribution >= 4 is 38.9 Å².